The Kier molecular flexibility index (Phi) is 4.53. The zero-order valence-corrected chi connectivity index (χ0v) is 14.2. The molecule has 0 unspecified atom stereocenters. The molecule has 2 N–H and O–H groups in total. The average molecular weight is 317 g/mol. The zero-order chi connectivity index (χ0) is 16.4. The van der Waals surface area contributed by atoms with Gasteiger partial charge in [0.1, 0.15) is 5.54 Å². The van der Waals surface area contributed by atoms with E-state index >= 15 is 0 Å². The highest BCUT2D eigenvalue weighted by molar-refractivity contribution is 5.85. The lowest BCUT2D eigenvalue weighted by molar-refractivity contribution is -0.132. The Morgan fingerprint density at radius 1 is 1.04 bits per heavy atom. The van der Waals surface area contributed by atoms with E-state index in [1.54, 1.807) is 0 Å². The topological polar surface area (TPSA) is 75.4 Å². The first-order valence-corrected chi connectivity index (χ1v) is 8.63. The van der Waals surface area contributed by atoms with E-state index in [1.807, 2.05) is 19.9 Å². The van der Waals surface area contributed by atoms with Crippen molar-refractivity contribution in [3.05, 3.63) is 17.5 Å². The predicted molar refractivity (Wildman–Crippen MR) is 90.3 cm³/mol. The number of aromatic nitrogens is 2. The molecule has 1 aromatic rings. The third-order valence-electron chi connectivity index (χ3n) is 5.26. The van der Waals surface area contributed by atoms with Crippen molar-refractivity contribution in [2.45, 2.75) is 51.5 Å². The monoisotopic (exact) mass is 317 g/mol. The minimum atomic E-state index is -0.476. The van der Waals surface area contributed by atoms with Crippen LogP contribution in [0.2, 0.25) is 0 Å². The lowest BCUT2D eigenvalue weighted by Gasteiger charge is -2.48. The molecular weight excluding hydrogens is 290 g/mol. The van der Waals surface area contributed by atoms with Gasteiger partial charge in [0.15, 0.2) is 0 Å². The summed E-state index contributed by atoms with van der Waals surface area (Å²) in [4.78, 5) is 25.9. The summed E-state index contributed by atoms with van der Waals surface area (Å²) >= 11 is 0. The molecular formula is C17H27N5O. The van der Waals surface area contributed by atoms with E-state index in [4.69, 9.17) is 5.73 Å². The minimum Gasteiger partial charge on any atom is -0.368 e. The van der Waals surface area contributed by atoms with Gasteiger partial charge in [0.05, 0.1) is 0 Å². The van der Waals surface area contributed by atoms with Crippen LogP contribution in [-0.2, 0) is 4.79 Å². The van der Waals surface area contributed by atoms with Crippen molar-refractivity contribution >= 4 is 11.9 Å². The second-order valence-corrected chi connectivity index (χ2v) is 6.88. The summed E-state index contributed by atoms with van der Waals surface area (Å²) in [6.45, 7) is 7.52. The second-order valence-electron chi connectivity index (χ2n) is 6.88. The molecule has 2 aliphatic heterocycles. The molecule has 6 heteroatoms. The fraction of sp³-hybridized carbons (Fsp3) is 0.706. The summed E-state index contributed by atoms with van der Waals surface area (Å²) in [7, 11) is 0. The van der Waals surface area contributed by atoms with Crippen LogP contribution in [-0.4, -0.2) is 52.5 Å². The Balaban J connectivity index is 1.75. The zero-order valence-electron chi connectivity index (χ0n) is 14.2. The number of anilines is 1. The van der Waals surface area contributed by atoms with Crippen LogP contribution in [0.15, 0.2) is 6.07 Å². The molecule has 0 aromatic carbocycles. The molecule has 0 saturated carbocycles. The Labute approximate surface area is 138 Å². The number of likely N-dealkylation sites (tertiary alicyclic amines) is 1. The van der Waals surface area contributed by atoms with Gasteiger partial charge in [-0.3, -0.25) is 9.69 Å². The van der Waals surface area contributed by atoms with E-state index in [1.165, 1.54) is 19.3 Å². The SMILES string of the molecule is Cc1cc(C)nc(N2CCC(C(N)=O)(N3CCCCC3)CC2)n1. The quantitative estimate of drug-likeness (QED) is 0.912. The summed E-state index contributed by atoms with van der Waals surface area (Å²) in [5, 5.41) is 0. The largest absolute Gasteiger partial charge is 0.368 e. The molecule has 0 bridgehead atoms. The molecule has 23 heavy (non-hydrogen) atoms. The van der Waals surface area contributed by atoms with Crippen LogP contribution in [0.25, 0.3) is 0 Å². The van der Waals surface area contributed by atoms with Crippen LogP contribution < -0.4 is 10.6 Å². The number of amides is 1. The minimum absolute atomic E-state index is 0.166. The highest BCUT2D eigenvalue weighted by atomic mass is 16.1. The molecule has 6 nitrogen and oxygen atoms in total. The van der Waals surface area contributed by atoms with Gasteiger partial charge in [0.25, 0.3) is 0 Å². The van der Waals surface area contributed by atoms with E-state index in [9.17, 15) is 4.79 Å². The van der Waals surface area contributed by atoms with E-state index in [0.29, 0.717) is 0 Å². The molecule has 0 atom stereocenters. The Bertz CT molecular complexity index is 554. The van der Waals surface area contributed by atoms with Crippen molar-refractivity contribution in [2.75, 3.05) is 31.1 Å². The van der Waals surface area contributed by atoms with Gasteiger partial charge in [-0.05, 0) is 58.7 Å². The maximum atomic E-state index is 12.3. The molecule has 126 valence electrons. The van der Waals surface area contributed by atoms with Crippen LogP contribution in [0.5, 0.6) is 0 Å². The Morgan fingerprint density at radius 2 is 1.61 bits per heavy atom. The molecule has 3 heterocycles. The fourth-order valence-corrected chi connectivity index (χ4v) is 3.97. The number of piperidine rings is 2. The van der Waals surface area contributed by atoms with Crippen molar-refractivity contribution in [1.29, 1.82) is 0 Å². The van der Waals surface area contributed by atoms with Crippen molar-refractivity contribution < 1.29 is 4.79 Å². The maximum Gasteiger partial charge on any atom is 0.238 e. The van der Waals surface area contributed by atoms with Crippen molar-refractivity contribution in [2.24, 2.45) is 5.73 Å². The smallest absolute Gasteiger partial charge is 0.238 e. The van der Waals surface area contributed by atoms with Crippen LogP contribution >= 0.6 is 0 Å². The number of hydrogen-bond acceptors (Lipinski definition) is 5. The molecule has 2 saturated heterocycles. The first kappa shape index (κ1) is 16.2. The summed E-state index contributed by atoms with van der Waals surface area (Å²) in [5.41, 5.74) is 7.32. The highest BCUT2D eigenvalue weighted by Crippen LogP contribution is 2.32. The van der Waals surface area contributed by atoms with Crippen LogP contribution in [0.3, 0.4) is 0 Å². The van der Waals surface area contributed by atoms with Gasteiger partial charge in [-0.25, -0.2) is 9.97 Å². The predicted octanol–water partition coefficient (Wildman–Crippen LogP) is 1.40. The van der Waals surface area contributed by atoms with Gasteiger partial charge in [0.2, 0.25) is 11.9 Å². The molecule has 2 fully saturated rings. The third kappa shape index (κ3) is 3.17. The molecule has 1 aromatic heterocycles. The van der Waals surface area contributed by atoms with E-state index in [2.05, 4.69) is 19.8 Å². The van der Waals surface area contributed by atoms with Crippen LogP contribution in [0, 0.1) is 13.8 Å². The summed E-state index contributed by atoms with van der Waals surface area (Å²) in [6.07, 6.45) is 5.11. The second kappa shape index (κ2) is 6.43. The number of hydrogen-bond donors (Lipinski definition) is 1. The lowest BCUT2D eigenvalue weighted by atomic mass is 9.83. The highest BCUT2D eigenvalue weighted by Gasteiger charge is 2.45. The summed E-state index contributed by atoms with van der Waals surface area (Å²) < 4.78 is 0. The Morgan fingerprint density at radius 3 is 2.13 bits per heavy atom. The van der Waals surface area contributed by atoms with E-state index < -0.39 is 5.54 Å². The number of aryl methyl sites for hydroxylation is 2. The van der Waals surface area contributed by atoms with Crippen molar-refractivity contribution in [3.8, 4) is 0 Å². The number of primary amides is 1. The van der Waals surface area contributed by atoms with Gasteiger partial charge in [-0.2, -0.15) is 0 Å². The van der Waals surface area contributed by atoms with Gasteiger partial charge in [-0.15, -0.1) is 0 Å². The third-order valence-corrected chi connectivity index (χ3v) is 5.26. The van der Waals surface area contributed by atoms with Crippen LogP contribution in [0.4, 0.5) is 5.95 Å². The van der Waals surface area contributed by atoms with E-state index in [0.717, 1.165) is 56.4 Å². The molecule has 3 rings (SSSR count). The first-order chi connectivity index (χ1) is 11.0. The van der Waals surface area contributed by atoms with E-state index in [-0.39, 0.29) is 5.91 Å². The van der Waals surface area contributed by atoms with Gasteiger partial charge < -0.3 is 10.6 Å². The maximum absolute atomic E-state index is 12.3. The van der Waals surface area contributed by atoms with Gasteiger partial charge in [-0.1, -0.05) is 6.42 Å². The molecule has 2 aliphatic rings. The summed E-state index contributed by atoms with van der Waals surface area (Å²) in [5.74, 6) is 0.611. The Hall–Kier alpha value is -1.69. The number of nitrogens with zero attached hydrogens (tertiary/aromatic N) is 4. The normalized spacial score (nSPS) is 22.1. The first-order valence-electron chi connectivity index (χ1n) is 8.63. The summed E-state index contributed by atoms with van der Waals surface area (Å²) in [6, 6.07) is 1.98. The number of rotatable bonds is 3. The fourth-order valence-electron chi connectivity index (χ4n) is 3.97. The lowest BCUT2D eigenvalue weighted by Crippen LogP contribution is -2.63. The molecule has 1 amide bonds. The number of carbonyl (C=O) groups excluding carboxylic acids is 1. The molecule has 0 radical (unpaired) electrons. The van der Waals surface area contributed by atoms with Crippen molar-refractivity contribution in [3.63, 3.8) is 0 Å². The molecule has 0 aliphatic carbocycles. The number of carbonyl (C=O) groups is 1. The van der Waals surface area contributed by atoms with Gasteiger partial charge in [0, 0.05) is 24.5 Å². The standard InChI is InChI=1S/C17H27N5O/c1-13-12-14(2)20-16(19-13)21-10-6-17(7-11-21,15(18)23)22-8-4-3-5-9-22/h12H,3-11H2,1-2H3,(H2,18,23). The molecule has 0 spiro atoms. The van der Waals surface area contributed by atoms with Crippen LogP contribution in [0.1, 0.15) is 43.5 Å². The van der Waals surface area contributed by atoms with Crippen molar-refractivity contribution in [1.82, 2.24) is 14.9 Å². The average Bonchev–Trinajstić information content (AvgIpc) is 2.54. The van der Waals surface area contributed by atoms with Gasteiger partial charge >= 0.3 is 0 Å². The number of nitrogens with two attached hydrogens (primary N) is 1.